The quantitative estimate of drug-likeness (QED) is 0.135. The summed E-state index contributed by atoms with van der Waals surface area (Å²) >= 11 is 18.4. The molecule has 16 heteroatoms. The molecule has 0 radical (unpaired) electrons. The van der Waals surface area contributed by atoms with Gasteiger partial charge in [-0.3, -0.25) is 14.5 Å². The summed E-state index contributed by atoms with van der Waals surface area (Å²) < 4.78 is 80.6. The summed E-state index contributed by atoms with van der Waals surface area (Å²) in [7, 11) is 1.39. The number of hydrogen-bond acceptors (Lipinski definition) is 5. The van der Waals surface area contributed by atoms with Crippen LogP contribution < -0.4 is 5.32 Å². The molecule has 0 saturated heterocycles. The molecule has 0 aliphatic heterocycles. The van der Waals surface area contributed by atoms with Crippen LogP contribution in [-0.2, 0) is 7.05 Å². The molecule has 256 valence electrons. The van der Waals surface area contributed by atoms with E-state index in [1.54, 1.807) is 31.2 Å². The molecule has 0 aliphatic carbocycles. The molecule has 50 heavy (non-hydrogen) atoms. The number of aryl methyl sites for hydroxylation is 2. The van der Waals surface area contributed by atoms with Gasteiger partial charge in [-0.15, -0.1) is 5.10 Å². The van der Waals surface area contributed by atoms with E-state index in [0.29, 0.717) is 32.6 Å². The van der Waals surface area contributed by atoms with Crippen LogP contribution in [0.25, 0.3) is 33.5 Å². The van der Waals surface area contributed by atoms with Gasteiger partial charge < -0.3 is 5.32 Å². The van der Waals surface area contributed by atoms with Crippen LogP contribution in [-0.4, -0.2) is 30.9 Å². The number of amides is 1. The molecule has 0 spiro atoms. The highest BCUT2D eigenvalue weighted by Gasteiger charge is 2.24. The molecule has 3 heterocycles. The van der Waals surface area contributed by atoms with Crippen LogP contribution in [0.5, 0.6) is 0 Å². The van der Waals surface area contributed by atoms with Crippen LogP contribution in [0.4, 0.5) is 32.0 Å². The number of carbonyl (C=O) groups excluding carboxylic acids is 1. The van der Waals surface area contributed by atoms with Crippen molar-refractivity contribution in [3.05, 3.63) is 135 Å². The van der Waals surface area contributed by atoms with E-state index >= 15 is 0 Å². The van der Waals surface area contributed by atoms with Gasteiger partial charge in [0.05, 0.1) is 32.6 Å². The lowest BCUT2D eigenvalue weighted by Crippen LogP contribution is -2.14. The predicted octanol–water partition coefficient (Wildman–Crippen LogP) is 10.3. The summed E-state index contributed by atoms with van der Waals surface area (Å²) in [5.41, 5.74) is 2.29. The summed E-state index contributed by atoms with van der Waals surface area (Å²) in [5, 5.41) is 14.9. The Balaban J connectivity index is 0.000000197. The van der Waals surface area contributed by atoms with Crippen LogP contribution in [0, 0.1) is 30.2 Å². The van der Waals surface area contributed by atoms with Crippen LogP contribution in [0.1, 0.15) is 28.2 Å². The van der Waals surface area contributed by atoms with Crippen molar-refractivity contribution < 1.29 is 31.1 Å². The standard InChI is InChI=1S/C18H12F5N3O.C16H9Cl3FN3/c1-26-8-11(16(25-26)17(22)23)18(27)24-14-5-3-2-4-10(14)9-6-12(19)15(21)13(20)7-9;1-8-13(9-2-4-11(20)5-3-9)14(16(19)23-22-8)15-12(18)6-10(17)7-21-15/h2-8,17H,1H3,(H,24,27);2-7H,1H3. The summed E-state index contributed by atoms with van der Waals surface area (Å²) in [4.78, 5) is 16.7. The first-order chi connectivity index (χ1) is 23.7. The van der Waals surface area contributed by atoms with Gasteiger partial charge in [-0.1, -0.05) is 65.1 Å². The van der Waals surface area contributed by atoms with Gasteiger partial charge in [0, 0.05) is 36.3 Å². The molecular formula is C34H21Cl3F6N6O. The number of nitrogens with one attached hydrogen (secondary N) is 1. The topological polar surface area (TPSA) is 85.6 Å². The number of carbonyl (C=O) groups is 1. The molecule has 6 aromatic rings. The van der Waals surface area contributed by atoms with Crippen molar-refractivity contribution in [2.24, 2.45) is 7.05 Å². The Morgan fingerprint density at radius 1 is 0.860 bits per heavy atom. The highest BCUT2D eigenvalue weighted by atomic mass is 35.5. The fraction of sp³-hybridized carbons (Fsp3) is 0.0882. The number of benzene rings is 3. The first kappa shape index (κ1) is 36.3. The monoisotopic (exact) mass is 748 g/mol. The van der Waals surface area contributed by atoms with Crippen LogP contribution >= 0.6 is 34.8 Å². The number of alkyl halides is 2. The zero-order valence-electron chi connectivity index (χ0n) is 25.6. The number of nitrogens with zero attached hydrogens (tertiary/aromatic N) is 5. The van der Waals surface area contributed by atoms with E-state index in [0.717, 1.165) is 28.6 Å². The molecule has 6 rings (SSSR count). The lowest BCUT2D eigenvalue weighted by atomic mass is 9.97. The van der Waals surface area contributed by atoms with Gasteiger partial charge >= 0.3 is 0 Å². The minimum atomic E-state index is -2.96. The molecule has 0 aliphatic rings. The van der Waals surface area contributed by atoms with Gasteiger partial charge in [0.25, 0.3) is 12.3 Å². The van der Waals surface area contributed by atoms with Crippen LogP contribution in [0.3, 0.4) is 0 Å². The fourth-order valence-corrected chi connectivity index (χ4v) is 5.57. The molecule has 0 fully saturated rings. The molecule has 3 aromatic heterocycles. The Morgan fingerprint density at radius 2 is 1.52 bits per heavy atom. The maximum atomic E-state index is 13.5. The molecule has 7 nitrogen and oxygen atoms in total. The number of halogens is 9. The van der Waals surface area contributed by atoms with Crippen molar-refractivity contribution in [3.63, 3.8) is 0 Å². The third-order valence-electron chi connectivity index (χ3n) is 7.06. The summed E-state index contributed by atoms with van der Waals surface area (Å²) in [6.07, 6.45) is -0.345. The van der Waals surface area contributed by atoms with Gasteiger partial charge in [-0.25, -0.2) is 26.3 Å². The second-order valence-electron chi connectivity index (χ2n) is 10.5. The van der Waals surface area contributed by atoms with E-state index in [4.69, 9.17) is 34.8 Å². The molecule has 0 atom stereocenters. The second-order valence-corrected chi connectivity index (χ2v) is 11.7. The molecule has 3 aromatic carbocycles. The molecular weight excluding hydrogens is 729 g/mol. The van der Waals surface area contributed by atoms with Crippen molar-refractivity contribution in [2.75, 3.05) is 5.32 Å². The molecule has 1 amide bonds. The summed E-state index contributed by atoms with van der Waals surface area (Å²) in [6, 6.07) is 15.1. The maximum absolute atomic E-state index is 13.5. The maximum Gasteiger partial charge on any atom is 0.282 e. The Morgan fingerprint density at radius 3 is 2.16 bits per heavy atom. The average Bonchev–Trinajstić information content (AvgIpc) is 3.48. The third kappa shape index (κ3) is 7.91. The molecule has 0 saturated carbocycles. The first-order valence-corrected chi connectivity index (χ1v) is 15.4. The van der Waals surface area contributed by atoms with Gasteiger partial charge in [-0.2, -0.15) is 10.2 Å². The Hall–Kier alpha value is -4.98. The van der Waals surface area contributed by atoms with Crippen molar-refractivity contribution in [1.82, 2.24) is 25.0 Å². The van der Waals surface area contributed by atoms with Gasteiger partial charge in [0.15, 0.2) is 22.6 Å². The molecule has 1 N–H and O–H groups in total. The second kappa shape index (κ2) is 15.3. The third-order valence-corrected chi connectivity index (χ3v) is 7.82. The Bertz CT molecular complexity index is 2190. The van der Waals surface area contributed by atoms with E-state index < -0.39 is 35.5 Å². The van der Waals surface area contributed by atoms with Gasteiger partial charge in [-0.05, 0) is 54.4 Å². The van der Waals surface area contributed by atoms with Gasteiger partial charge in [0.2, 0.25) is 0 Å². The minimum absolute atomic E-state index is 0.0254. The van der Waals surface area contributed by atoms with E-state index in [-0.39, 0.29) is 33.3 Å². The average molecular weight is 750 g/mol. The van der Waals surface area contributed by atoms with E-state index in [1.807, 2.05) is 0 Å². The number of rotatable bonds is 6. The Kier molecular flexibility index (Phi) is 11.1. The smallest absolute Gasteiger partial charge is 0.282 e. The number of hydrogen-bond donors (Lipinski definition) is 1. The van der Waals surface area contributed by atoms with E-state index in [2.05, 4.69) is 25.6 Å². The lowest BCUT2D eigenvalue weighted by Gasteiger charge is -2.14. The van der Waals surface area contributed by atoms with E-state index in [9.17, 15) is 31.1 Å². The van der Waals surface area contributed by atoms with Crippen LogP contribution in [0.2, 0.25) is 15.2 Å². The normalized spacial score (nSPS) is 11.0. The number of pyridine rings is 1. The first-order valence-electron chi connectivity index (χ1n) is 14.2. The lowest BCUT2D eigenvalue weighted by molar-refractivity contribution is 0.101. The zero-order chi connectivity index (χ0) is 36.3. The number of anilines is 1. The highest BCUT2D eigenvalue weighted by molar-refractivity contribution is 6.37. The summed E-state index contributed by atoms with van der Waals surface area (Å²) in [6.45, 7) is 1.79. The number of aromatic nitrogens is 5. The van der Waals surface area contributed by atoms with Crippen molar-refractivity contribution in [2.45, 2.75) is 13.3 Å². The SMILES string of the molecule is Cc1nnc(Cl)c(-c2ncc(Cl)cc2Cl)c1-c1ccc(F)cc1.Cn1cc(C(=O)Nc2ccccc2-c2cc(F)c(F)c(F)c2)c(C(F)F)n1. The van der Waals surface area contributed by atoms with Gasteiger partial charge in [0.1, 0.15) is 11.5 Å². The van der Waals surface area contributed by atoms with Crippen molar-refractivity contribution >= 4 is 46.4 Å². The Labute approximate surface area is 295 Å². The summed E-state index contributed by atoms with van der Waals surface area (Å²) in [5.74, 6) is -5.59. The fourth-order valence-electron chi connectivity index (χ4n) is 4.87. The van der Waals surface area contributed by atoms with Crippen molar-refractivity contribution in [3.8, 4) is 33.5 Å². The number of para-hydroxylation sites is 1. The predicted molar refractivity (Wildman–Crippen MR) is 178 cm³/mol. The molecule has 0 unspecified atom stereocenters. The van der Waals surface area contributed by atoms with Crippen molar-refractivity contribution in [1.29, 1.82) is 0 Å². The highest BCUT2D eigenvalue weighted by Crippen LogP contribution is 2.40. The van der Waals surface area contributed by atoms with Crippen LogP contribution in [0.15, 0.2) is 79.1 Å². The molecule has 0 bridgehead atoms. The largest absolute Gasteiger partial charge is 0.321 e. The minimum Gasteiger partial charge on any atom is -0.321 e. The zero-order valence-corrected chi connectivity index (χ0v) is 27.9. The van der Waals surface area contributed by atoms with E-state index in [1.165, 1.54) is 43.6 Å².